The molecule has 16 heteroatoms. The van der Waals surface area contributed by atoms with Crippen LogP contribution in [0.4, 0.5) is 52.7 Å². The summed E-state index contributed by atoms with van der Waals surface area (Å²) in [5.74, 6) is 0. The van der Waals surface area contributed by atoms with Gasteiger partial charge in [0.05, 0.1) is 67.1 Å². The maximum Gasteiger partial charge on any atom is 0.417 e. The minimum absolute atomic E-state index is 0.0471. The SMILES string of the molecule is C=C1C(C(F)(F)F)=C/C=C2\C/C(=C\C=C/1C(F)(F)F)c1nc3ccc(-c4ccc5nc6c(nc5c4)-c4ccc(C(F)(F)F)c5c(C(F)(F)F)ccc-6c45)cc3nc12. The first-order chi connectivity index (χ1) is 26.7. The third kappa shape index (κ3) is 5.79. The van der Waals surface area contributed by atoms with Gasteiger partial charge in [0.1, 0.15) is 0 Å². The van der Waals surface area contributed by atoms with Gasteiger partial charge in [-0.3, -0.25) is 0 Å². The van der Waals surface area contributed by atoms with Gasteiger partial charge in [-0.15, -0.1) is 0 Å². The summed E-state index contributed by atoms with van der Waals surface area (Å²) >= 11 is 0. The van der Waals surface area contributed by atoms with Crippen LogP contribution < -0.4 is 0 Å². The number of aromatic nitrogens is 4. The Bertz CT molecular complexity index is 2920. The molecule has 3 aliphatic rings. The number of allylic oxidation sites excluding steroid dienone is 9. The van der Waals surface area contributed by atoms with Crippen molar-refractivity contribution in [1.29, 1.82) is 0 Å². The van der Waals surface area contributed by atoms with E-state index in [4.69, 9.17) is 0 Å². The molecule has 0 saturated carbocycles. The first-order valence-corrected chi connectivity index (χ1v) is 16.7. The van der Waals surface area contributed by atoms with Crippen LogP contribution in [0, 0.1) is 0 Å². The molecule has 2 bridgehead atoms. The van der Waals surface area contributed by atoms with Crippen molar-refractivity contribution in [2.45, 2.75) is 31.1 Å². The van der Waals surface area contributed by atoms with E-state index in [9.17, 15) is 52.7 Å². The zero-order valence-corrected chi connectivity index (χ0v) is 28.3. The number of hydrogen-bond acceptors (Lipinski definition) is 4. The number of alkyl halides is 12. The van der Waals surface area contributed by atoms with Gasteiger partial charge in [-0.05, 0) is 76.4 Å². The third-order valence-electron chi connectivity index (χ3n) is 10.1. The predicted molar refractivity (Wildman–Crippen MR) is 188 cm³/mol. The molecule has 0 N–H and O–H groups in total. The van der Waals surface area contributed by atoms with Gasteiger partial charge >= 0.3 is 24.7 Å². The van der Waals surface area contributed by atoms with Crippen LogP contribution in [-0.4, -0.2) is 32.3 Å². The standard InChI is InChI=1S/C41H18F12N4/c1-17-24(38(42,43)44)8-2-20-14-21(3-9-25(17)39(45,46)47)35-34(20)54-28-12-4-18(15-30(28)56-35)19-5-13-29-31(16-19)57-37-23-7-11-27(41(51,52)53)33-26(40(48,49)50)10-6-22(32(23)33)36(37)55-29/h2-13,15-16H,1,14H2/b20-2+,21-3+,24-8+,25-9?. The maximum atomic E-state index is 14.0. The zero-order valence-electron chi connectivity index (χ0n) is 28.3. The monoisotopic (exact) mass is 794 g/mol. The van der Waals surface area contributed by atoms with Crippen LogP contribution in [0.5, 0.6) is 0 Å². The summed E-state index contributed by atoms with van der Waals surface area (Å²) < 4.78 is 168. The summed E-state index contributed by atoms with van der Waals surface area (Å²) in [6.45, 7) is 3.11. The van der Waals surface area contributed by atoms with E-state index in [1.54, 1.807) is 36.4 Å². The van der Waals surface area contributed by atoms with E-state index in [1.165, 1.54) is 0 Å². The Kier molecular flexibility index (Phi) is 7.55. The van der Waals surface area contributed by atoms with Crippen LogP contribution in [0.1, 0.15) is 28.9 Å². The van der Waals surface area contributed by atoms with E-state index in [0.29, 0.717) is 57.5 Å². The molecule has 2 aromatic heterocycles. The van der Waals surface area contributed by atoms with Gasteiger partial charge in [0.25, 0.3) is 0 Å². The minimum Gasteiger partial charge on any atom is -0.244 e. The predicted octanol–water partition coefficient (Wildman–Crippen LogP) is 12.8. The lowest BCUT2D eigenvalue weighted by Crippen LogP contribution is -2.21. The molecule has 9 rings (SSSR count). The lowest BCUT2D eigenvalue weighted by molar-refractivity contribution is -0.140. The van der Waals surface area contributed by atoms with Crippen LogP contribution in [0.2, 0.25) is 0 Å². The third-order valence-corrected chi connectivity index (χ3v) is 10.1. The van der Waals surface area contributed by atoms with Gasteiger partial charge in [-0.1, -0.05) is 43.0 Å². The first-order valence-electron chi connectivity index (χ1n) is 16.7. The van der Waals surface area contributed by atoms with Crippen molar-refractivity contribution in [3.05, 3.63) is 131 Å². The molecule has 0 atom stereocenters. The Hall–Kier alpha value is -6.32. The smallest absolute Gasteiger partial charge is 0.244 e. The van der Waals surface area contributed by atoms with E-state index in [2.05, 4.69) is 26.5 Å². The van der Waals surface area contributed by atoms with Gasteiger partial charge in [0.2, 0.25) is 0 Å². The number of fused-ring (bicyclic) bond motifs is 10. The van der Waals surface area contributed by atoms with Crippen LogP contribution in [0.25, 0.3) is 77.6 Å². The molecule has 6 aromatic rings. The summed E-state index contributed by atoms with van der Waals surface area (Å²) in [6.07, 6.45) is -17.3. The fourth-order valence-corrected chi connectivity index (χ4v) is 7.55. The molecular formula is C41H18F12N4. The molecule has 0 spiro atoms. The second-order valence-corrected chi connectivity index (χ2v) is 13.5. The normalized spacial score (nSPS) is 18.5. The van der Waals surface area contributed by atoms with Crippen LogP contribution in [0.15, 0.2) is 108 Å². The molecule has 4 nitrogen and oxygen atoms in total. The highest BCUT2D eigenvalue weighted by atomic mass is 19.4. The fourth-order valence-electron chi connectivity index (χ4n) is 7.55. The molecule has 0 fully saturated rings. The van der Waals surface area contributed by atoms with Gasteiger partial charge in [0, 0.05) is 28.3 Å². The number of halogens is 12. The lowest BCUT2D eigenvalue weighted by atomic mass is 9.94. The molecule has 0 radical (unpaired) electrons. The fraction of sp³-hybridized carbons (Fsp3) is 0.122. The molecular weight excluding hydrogens is 776 g/mol. The number of benzene rings is 4. The van der Waals surface area contributed by atoms with E-state index in [-0.39, 0.29) is 56.8 Å². The Balaban J connectivity index is 1.15. The van der Waals surface area contributed by atoms with E-state index in [1.807, 2.05) is 0 Å². The van der Waals surface area contributed by atoms with Crippen molar-refractivity contribution in [2.75, 3.05) is 0 Å². The molecule has 57 heavy (non-hydrogen) atoms. The number of hydrogen-bond donors (Lipinski definition) is 0. The van der Waals surface area contributed by atoms with Gasteiger partial charge in [-0.2, -0.15) is 52.7 Å². The average Bonchev–Trinajstić information content (AvgIpc) is 3.61. The second-order valence-electron chi connectivity index (χ2n) is 13.5. The lowest BCUT2D eigenvalue weighted by Gasteiger charge is -2.19. The number of rotatable bonds is 1. The molecule has 0 unspecified atom stereocenters. The molecule has 0 amide bonds. The highest BCUT2D eigenvalue weighted by Crippen LogP contribution is 2.52. The van der Waals surface area contributed by atoms with Crippen molar-refractivity contribution < 1.29 is 52.7 Å². The van der Waals surface area contributed by atoms with Gasteiger partial charge in [0.15, 0.2) is 0 Å². The molecule has 4 aromatic carbocycles. The van der Waals surface area contributed by atoms with E-state index in [0.717, 1.165) is 24.3 Å². The zero-order chi connectivity index (χ0) is 40.6. The topological polar surface area (TPSA) is 51.6 Å². The van der Waals surface area contributed by atoms with Crippen LogP contribution in [0.3, 0.4) is 0 Å². The minimum atomic E-state index is -5.15. The summed E-state index contributed by atoms with van der Waals surface area (Å²) in [5, 5.41) is -1.25. The number of nitrogens with zero attached hydrogens (tertiary/aromatic N) is 4. The van der Waals surface area contributed by atoms with Gasteiger partial charge in [-0.25, -0.2) is 19.9 Å². The summed E-state index contributed by atoms with van der Waals surface area (Å²) in [6, 6.07) is 13.2. The Morgan fingerprint density at radius 3 is 1.25 bits per heavy atom. The second kappa shape index (κ2) is 11.8. The average molecular weight is 795 g/mol. The summed E-state index contributed by atoms with van der Waals surface area (Å²) in [4.78, 5) is 18.5. The molecule has 2 heterocycles. The van der Waals surface area contributed by atoms with E-state index < -0.39 is 57.9 Å². The van der Waals surface area contributed by atoms with Crippen molar-refractivity contribution in [3.8, 4) is 33.6 Å². The van der Waals surface area contributed by atoms with Crippen molar-refractivity contribution >= 4 is 44.0 Å². The van der Waals surface area contributed by atoms with Crippen molar-refractivity contribution in [3.63, 3.8) is 0 Å². The molecule has 0 aliphatic heterocycles. The maximum absolute atomic E-state index is 14.0. The van der Waals surface area contributed by atoms with E-state index >= 15 is 0 Å². The van der Waals surface area contributed by atoms with Gasteiger partial charge < -0.3 is 0 Å². The first kappa shape index (κ1) is 36.3. The Labute approximate surface area is 311 Å². The van der Waals surface area contributed by atoms with Crippen molar-refractivity contribution in [2.24, 2.45) is 0 Å². The van der Waals surface area contributed by atoms with Crippen molar-refractivity contribution in [1.82, 2.24) is 19.9 Å². The highest BCUT2D eigenvalue weighted by Gasteiger charge is 2.44. The van der Waals surface area contributed by atoms with Crippen LogP contribution >= 0.6 is 0 Å². The quantitative estimate of drug-likeness (QED) is 0.155. The highest BCUT2D eigenvalue weighted by molar-refractivity contribution is 6.16. The molecule has 0 saturated heterocycles. The Morgan fingerprint density at radius 1 is 0.421 bits per heavy atom. The summed E-state index contributed by atoms with van der Waals surface area (Å²) in [7, 11) is 0. The summed E-state index contributed by atoms with van der Waals surface area (Å²) in [5.41, 5.74) is -3.60. The molecule has 286 valence electrons. The molecule has 3 aliphatic carbocycles. The Morgan fingerprint density at radius 2 is 0.825 bits per heavy atom. The van der Waals surface area contributed by atoms with Crippen LogP contribution in [-0.2, 0) is 12.4 Å². The largest absolute Gasteiger partial charge is 0.417 e.